The third-order valence-corrected chi connectivity index (χ3v) is 18.7. The molecule has 0 radical (unpaired) electrons. The first-order chi connectivity index (χ1) is 22.5. The molecule has 8 rings (SSSR count). The van der Waals surface area contributed by atoms with Crippen LogP contribution in [-0.4, -0.2) is 11.3 Å². The summed E-state index contributed by atoms with van der Waals surface area (Å²) in [6, 6.07) is 27.5. The maximum Gasteiger partial charge on any atom is 0.123 e. The van der Waals surface area contributed by atoms with Crippen LogP contribution in [0.15, 0.2) is 84.9 Å². The fraction of sp³-hybridized carbons (Fsp3) is 0.415. The first-order valence-corrected chi connectivity index (χ1v) is 20.8. The Kier molecular flexibility index (Phi) is 8.31. The Labute approximate surface area is 274 Å². The Bertz CT molecular complexity index is 1700. The van der Waals surface area contributed by atoms with E-state index in [9.17, 15) is 8.78 Å². The molecule has 0 bridgehead atoms. The normalized spacial score (nSPS) is 22.0. The van der Waals surface area contributed by atoms with Crippen LogP contribution in [0.25, 0.3) is 0 Å². The summed E-state index contributed by atoms with van der Waals surface area (Å²) in [6.07, 6.45) is 15.9. The van der Waals surface area contributed by atoms with Gasteiger partial charge in [-0.1, -0.05) is 99.2 Å². The molecule has 1 spiro atoms. The molecule has 0 N–H and O–H groups in total. The number of fused-ring (bicyclic) bond motifs is 4. The second-order valence-electron chi connectivity index (χ2n) is 14.3. The minimum absolute atomic E-state index is 0.183. The Morgan fingerprint density at radius 1 is 0.587 bits per heavy atom. The van der Waals surface area contributed by atoms with Gasteiger partial charge in [-0.25, -0.2) is 8.78 Å². The van der Waals surface area contributed by atoms with Crippen molar-refractivity contribution in [3.05, 3.63) is 119 Å². The molecule has 0 heterocycles. The second-order valence-corrected chi connectivity index (χ2v) is 19.8. The van der Waals surface area contributed by atoms with Gasteiger partial charge in [-0.15, -0.1) is 0 Å². The lowest BCUT2D eigenvalue weighted by Crippen LogP contribution is -2.37. The number of hydrogen-bond acceptors (Lipinski definition) is 1. The van der Waals surface area contributed by atoms with E-state index in [4.69, 9.17) is 0 Å². The van der Waals surface area contributed by atoms with Crippen LogP contribution in [0.5, 0.6) is 0 Å². The molecule has 4 aliphatic rings. The van der Waals surface area contributed by atoms with E-state index in [0.717, 1.165) is 62.0 Å². The zero-order chi connectivity index (χ0) is 31.3. The monoisotopic (exact) mass is 652 g/mol. The van der Waals surface area contributed by atoms with Gasteiger partial charge in [-0.3, -0.25) is 0 Å². The summed E-state index contributed by atoms with van der Waals surface area (Å²) >= 11 is 0. The summed E-state index contributed by atoms with van der Waals surface area (Å²) < 4.78 is 44.7. The average molecular weight is 653 g/mol. The lowest BCUT2D eigenvalue weighted by molar-refractivity contribution is 0.451. The molecule has 2 fully saturated rings. The van der Waals surface area contributed by atoms with E-state index in [0.29, 0.717) is 11.3 Å². The Morgan fingerprint density at radius 3 is 1.59 bits per heavy atom. The maximum atomic E-state index is 16.2. The van der Waals surface area contributed by atoms with Crippen molar-refractivity contribution in [2.24, 2.45) is 0 Å². The average Bonchev–Trinajstić information content (AvgIpc) is 3.68. The molecule has 4 aromatic carbocycles. The molecule has 0 amide bonds. The van der Waals surface area contributed by atoms with Gasteiger partial charge < -0.3 is 4.57 Å². The predicted molar refractivity (Wildman–Crippen MR) is 190 cm³/mol. The molecular weight excluding hydrogens is 608 g/mol. The van der Waals surface area contributed by atoms with Gasteiger partial charge in [0, 0.05) is 22.0 Å². The SMILES string of the molecule is O=P(c1cccc2c1[C@]1(CCc3cccc(P(c4ccc(F)cc4)c4ccc(F)cc4)c31)CC2)(C1CCCCC1)C1CCCCC1. The number of aryl methyl sites for hydroxylation is 2. The molecule has 2 saturated carbocycles. The highest BCUT2D eigenvalue weighted by atomic mass is 31.2. The van der Waals surface area contributed by atoms with Crippen molar-refractivity contribution in [3.8, 4) is 0 Å². The molecule has 5 heteroatoms. The van der Waals surface area contributed by atoms with E-state index in [2.05, 4.69) is 36.4 Å². The standard InChI is InChI=1S/C41H44F2OP2/c42-31-17-21-33(22-18-31)45(34-23-19-32(43)20-24-34)37-15-7-9-29-25-27-41(39(29)37)28-26-30-10-8-16-38(40(30)41)46(44,35-11-3-1-4-12-35)36-13-5-2-6-14-36/h7-10,15-24,35-36H,1-6,11-14,25-28H2/t41-/m1/s1. The molecular formula is C41H44F2OP2. The highest BCUT2D eigenvalue weighted by Crippen LogP contribution is 2.65. The van der Waals surface area contributed by atoms with Crippen LogP contribution in [0.3, 0.4) is 0 Å². The fourth-order valence-corrected chi connectivity index (χ4v) is 17.1. The molecule has 238 valence electrons. The molecule has 0 saturated heterocycles. The zero-order valence-electron chi connectivity index (χ0n) is 26.7. The quantitative estimate of drug-likeness (QED) is 0.190. The summed E-state index contributed by atoms with van der Waals surface area (Å²) in [6.45, 7) is 0. The van der Waals surface area contributed by atoms with Gasteiger partial charge in [0.15, 0.2) is 0 Å². The van der Waals surface area contributed by atoms with Crippen molar-refractivity contribution in [1.29, 1.82) is 0 Å². The summed E-state index contributed by atoms with van der Waals surface area (Å²) in [5, 5.41) is 4.66. The predicted octanol–water partition coefficient (Wildman–Crippen LogP) is 9.56. The van der Waals surface area contributed by atoms with Crippen molar-refractivity contribution in [2.75, 3.05) is 0 Å². The Hall–Kier alpha value is -2.60. The van der Waals surface area contributed by atoms with Crippen LogP contribution in [-0.2, 0) is 22.8 Å². The van der Waals surface area contributed by atoms with Gasteiger partial charge >= 0.3 is 0 Å². The van der Waals surface area contributed by atoms with E-state index < -0.39 is 15.1 Å². The summed E-state index contributed by atoms with van der Waals surface area (Å²) in [5.41, 5.74) is 6.05. The van der Waals surface area contributed by atoms with Gasteiger partial charge in [-0.05, 0) is 122 Å². The van der Waals surface area contributed by atoms with Gasteiger partial charge in [-0.2, -0.15) is 0 Å². The molecule has 4 aromatic rings. The van der Waals surface area contributed by atoms with Crippen molar-refractivity contribution < 1.29 is 13.3 Å². The highest BCUT2D eigenvalue weighted by Gasteiger charge is 2.52. The largest absolute Gasteiger partial charge is 0.318 e. The maximum absolute atomic E-state index is 16.2. The molecule has 0 aliphatic heterocycles. The minimum Gasteiger partial charge on any atom is -0.318 e. The van der Waals surface area contributed by atoms with Crippen LogP contribution < -0.4 is 21.2 Å². The van der Waals surface area contributed by atoms with E-state index in [-0.39, 0.29) is 17.0 Å². The van der Waals surface area contributed by atoms with Crippen molar-refractivity contribution >= 4 is 36.3 Å². The first-order valence-electron chi connectivity index (χ1n) is 17.6. The van der Waals surface area contributed by atoms with E-state index in [1.54, 1.807) is 24.3 Å². The molecule has 0 unspecified atom stereocenters. The van der Waals surface area contributed by atoms with Crippen molar-refractivity contribution in [1.82, 2.24) is 0 Å². The third kappa shape index (κ3) is 5.07. The lowest BCUT2D eigenvalue weighted by atomic mass is 9.76. The fourth-order valence-electron chi connectivity index (χ4n) is 9.85. The molecule has 0 aromatic heterocycles. The van der Waals surface area contributed by atoms with E-state index in [1.807, 2.05) is 24.3 Å². The zero-order valence-corrected chi connectivity index (χ0v) is 28.5. The number of rotatable bonds is 6. The second kappa shape index (κ2) is 12.5. The van der Waals surface area contributed by atoms with Crippen molar-refractivity contribution in [2.45, 2.75) is 107 Å². The highest BCUT2D eigenvalue weighted by molar-refractivity contribution is 7.80. The van der Waals surface area contributed by atoms with Crippen molar-refractivity contribution in [3.63, 3.8) is 0 Å². The van der Waals surface area contributed by atoms with Gasteiger partial charge in [0.05, 0.1) is 0 Å². The summed E-state index contributed by atoms with van der Waals surface area (Å²) in [7, 11) is -3.77. The Balaban J connectivity index is 1.34. The lowest BCUT2D eigenvalue weighted by Gasteiger charge is -2.41. The van der Waals surface area contributed by atoms with E-state index >= 15 is 4.57 Å². The van der Waals surface area contributed by atoms with Crippen LogP contribution in [0, 0.1) is 11.6 Å². The van der Waals surface area contributed by atoms with Crippen LogP contribution in [0.1, 0.15) is 99.3 Å². The Morgan fingerprint density at radius 2 is 1.07 bits per heavy atom. The smallest absolute Gasteiger partial charge is 0.123 e. The van der Waals surface area contributed by atoms with Gasteiger partial charge in [0.25, 0.3) is 0 Å². The minimum atomic E-state index is -2.70. The van der Waals surface area contributed by atoms with Crippen LogP contribution in [0.4, 0.5) is 8.78 Å². The number of benzene rings is 4. The van der Waals surface area contributed by atoms with Crippen LogP contribution in [0.2, 0.25) is 0 Å². The molecule has 4 aliphatic carbocycles. The molecule has 46 heavy (non-hydrogen) atoms. The van der Waals surface area contributed by atoms with Gasteiger partial charge in [0.1, 0.15) is 18.8 Å². The van der Waals surface area contributed by atoms with Crippen LogP contribution >= 0.6 is 15.1 Å². The molecule has 1 nitrogen and oxygen atoms in total. The number of hydrogen-bond donors (Lipinski definition) is 0. The summed E-state index contributed by atoms with van der Waals surface area (Å²) in [5.74, 6) is -0.494. The van der Waals surface area contributed by atoms with E-state index in [1.165, 1.54) is 71.4 Å². The number of halogens is 2. The van der Waals surface area contributed by atoms with Gasteiger partial charge in [0.2, 0.25) is 0 Å². The molecule has 1 atom stereocenters. The third-order valence-electron chi connectivity index (χ3n) is 11.9. The first kappa shape index (κ1) is 30.7. The summed E-state index contributed by atoms with van der Waals surface area (Å²) in [4.78, 5) is 0. The topological polar surface area (TPSA) is 17.1 Å².